The second kappa shape index (κ2) is 2.31. The largest absolute Gasteiger partial charge is 0.253 e. The van der Waals surface area contributed by atoms with Crippen LogP contribution >= 0.6 is 0 Å². The van der Waals surface area contributed by atoms with Crippen LogP contribution in [0, 0.1) is 4.78 Å². The van der Waals surface area contributed by atoms with Crippen LogP contribution in [0.3, 0.4) is 0 Å². The Hall–Kier alpha value is -0.0500. The van der Waals surface area contributed by atoms with Crippen LogP contribution in [0.5, 0.6) is 0 Å². The molecule has 2 nitrogen and oxygen atoms in total. The maximum absolute atomic E-state index is 10.5. The van der Waals surface area contributed by atoms with Gasteiger partial charge in [-0.15, -0.1) is 0 Å². The van der Waals surface area contributed by atoms with E-state index in [-0.39, 0.29) is 0 Å². The van der Waals surface area contributed by atoms with E-state index < -0.39 is 9.73 Å². The molecule has 0 heterocycles. The van der Waals surface area contributed by atoms with Crippen LogP contribution < -0.4 is 0 Å². The van der Waals surface area contributed by atoms with Crippen LogP contribution in [-0.2, 0) is 9.73 Å². The fourth-order valence-electron chi connectivity index (χ4n) is 0.390. The molecule has 0 rings (SSSR count). The molecule has 0 spiro atoms. The Kier molecular flexibility index (Phi) is 2.29. The zero-order valence-electron chi connectivity index (χ0n) is 4.73. The van der Waals surface area contributed by atoms with Crippen molar-refractivity contribution in [2.75, 3.05) is 12.0 Å². The topological polar surface area (TPSA) is 40.9 Å². The smallest absolute Gasteiger partial charge is 0.0412 e. The summed E-state index contributed by atoms with van der Waals surface area (Å²) in [7, 11) is -2.17. The molecule has 0 radical (unpaired) electrons. The summed E-state index contributed by atoms with van der Waals surface area (Å²) in [5, 5.41) is 0. The first kappa shape index (κ1) is 6.95. The summed E-state index contributed by atoms with van der Waals surface area (Å²) in [6.45, 7) is 1.93. The van der Waals surface area contributed by atoms with E-state index in [4.69, 9.17) is 4.78 Å². The normalized spacial score (nSPS) is 18.6. The highest BCUT2D eigenvalue weighted by Crippen LogP contribution is 1.86. The Morgan fingerprint density at radius 2 is 2.14 bits per heavy atom. The molecule has 0 saturated heterocycles. The minimum Gasteiger partial charge on any atom is -0.253 e. The van der Waals surface area contributed by atoms with E-state index in [2.05, 4.69) is 0 Å². The van der Waals surface area contributed by atoms with Crippen molar-refractivity contribution in [2.24, 2.45) is 0 Å². The van der Waals surface area contributed by atoms with E-state index in [1.807, 2.05) is 6.92 Å². The lowest BCUT2D eigenvalue weighted by molar-refractivity contribution is 0.677. The molecule has 0 aromatic rings. The van der Waals surface area contributed by atoms with E-state index in [0.717, 1.165) is 6.42 Å². The molecular weight excluding hydrogens is 110 g/mol. The Bertz CT molecular complexity index is 125. The van der Waals surface area contributed by atoms with Crippen molar-refractivity contribution in [1.29, 1.82) is 4.78 Å². The van der Waals surface area contributed by atoms with Crippen molar-refractivity contribution in [1.82, 2.24) is 0 Å². The molecular formula is C4H11NOS. The highest BCUT2D eigenvalue weighted by atomic mass is 32.2. The van der Waals surface area contributed by atoms with E-state index in [1.165, 1.54) is 6.26 Å². The summed E-state index contributed by atoms with van der Waals surface area (Å²) in [5.41, 5.74) is 0. The lowest BCUT2D eigenvalue weighted by atomic mass is 10.6. The van der Waals surface area contributed by atoms with Gasteiger partial charge in [-0.3, -0.25) is 8.99 Å². The summed E-state index contributed by atoms with van der Waals surface area (Å²) < 4.78 is 17.3. The van der Waals surface area contributed by atoms with Crippen molar-refractivity contribution in [2.45, 2.75) is 13.3 Å². The molecule has 0 aliphatic heterocycles. The first-order valence-electron chi connectivity index (χ1n) is 2.27. The standard InChI is InChI=1S/C4H11NOS/c1-3-4-7(2,5)6/h5H,3-4H2,1-2H3/t7-/m1/s1. The van der Waals surface area contributed by atoms with Gasteiger partial charge in [0.05, 0.1) is 0 Å². The maximum Gasteiger partial charge on any atom is 0.0412 e. The monoisotopic (exact) mass is 121 g/mol. The zero-order chi connectivity index (χ0) is 5.91. The van der Waals surface area contributed by atoms with Crippen molar-refractivity contribution in [3.63, 3.8) is 0 Å². The molecule has 0 aromatic heterocycles. The molecule has 0 aliphatic carbocycles. The molecule has 44 valence electrons. The highest BCUT2D eigenvalue weighted by Gasteiger charge is 1.90. The summed E-state index contributed by atoms with van der Waals surface area (Å²) in [6, 6.07) is 0. The Morgan fingerprint density at radius 3 is 2.14 bits per heavy atom. The fraction of sp³-hybridized carbons (Fsp3) is 1.00. The number of rotatable bonds is 2. The highest BCUT2D eigenvalue weighted by molar-refractivity contribution is 7.91. The predicted octanol–water partition coefficient (Wildman–Crippen LogP) is 1.07. The van der Waals surface area contributed by atoms with Gasteiger partial charge in [-0.05, 0) is 6.42 Å². The minimum absolute atomic E-state index is 0.535. The van der Waals surface area contributed by atoms with Gasteiger partial charge in [0.25, 0.3) is 0 Å². The molecule has 7 heavy (non-hydrogen) atoms. The van der Waals surface area contributed by atoms with Crippen molar-refractivity contribution < 1.29 is 4.21 Å². The Balaban J connectivity index is 3.60. The Morgan fingerprint density at radius 1 is 1.71 bits per heavy atom. The first-order chi connectivity index (χ1) is 3.06. The molecule has 0 fully saturated rings. The lowest BCUT2D eigenvalue weighted by Gasteiger charge is -1.91. The van der Waals surface area contributed by atoms with Crippen LogP contribution in [0.25, 0.3) is 0 Å². The third kappa shape index (κ3) is 5.95. The molecule has 0 amide bonds. The second-order valence-electron chi connectivity index (χ2n) is 1.71. The molecule has 0 aliphatic rings. The molecule has 1 N–H and O–H groups in total. The van der Waals surface area contributed by atoms with Crippen LogP contribution in [0.1, 0.15) is 13.3 Å². The summed E-state index contributed by atoms with van der Waals surface area (Å²) in [5.74, 6) is 0.535. The average Bonchev–Trinajstić information content (AvgIpc) is 1.30. The quantitative estimate of drug-likeness (QED) is 0.583. The third-order valence-corrected chi connectivity index (χ3v) is 1.78. The molecule has 0 aromatic carbocycles. The second-order valence-corrected chi connectivity index (χ2v) is 4.13. The number of nitrogens with one attached hydrogen (secondary N) is 1. The predicted molar refractivity (Wildman–Crippen MR) is 31.9 cm³/mol. The van der Waals surface area contributed by atoms with Crippen LogP contribution in [0.4, 0.5) is 0 Å². The molecule has 1 atom stereocenters. The SMILES string of the molecule is CCC[S@](C)(=N)=O. The molecule has 0 unspecified atom stereocenters. The zero-order valence-corrected chi connectivity index (χ0v) is 5.55. The van der Waals surface area contributed by atoms with E-state index in [1.54, 1.807) is 0 Å². The average molecular weight is 121 g/mol. The van der Waals surface area contributed by atoms with Gasteiger partial charge >= 0.3 is 0 Å². The minimum atomic E-state index is -2.17. The van der Waals surface area contributed by atoms with Crippen molar-refractivity contribution in [3.8, 4) is 0 Å². The van der Waals surface area contributed by atoms with Crippen molar-refractivity contribution >= 4 is 9.73 Å². The van der Waals surface area contributed by atoms with E-state index >= 15 is 0 Å². The molecule has 0 bridgehead atoms. The van der Waals surface area contributed by atoms with Crippen LogP contribution in [-0.4, -0.2) is 16.2 Å². The number of hydrogen-bond acceptors (Lipinski definition) is 2. The lowest BCUT2D eigenvalue weighted by Crippen LogP contribution is -1.97. The van der Waals surface area contributed by atoms with Gasteiger partial charge in [0, 0.05) is 21.7 Å². The van der Waals surface area contributed by atoms with Gasteiger partial charge in [0.1, 0.15) is 0 Å². The van der Waals surface area contributed by atoms with Crippen LogP contribution in [0.2, 0.25) is 0 Å². The van der Waals surface area contributed by atoms with Gasteiger partial charge in [-0.1, -0.05) is 6.92 Å². The molecule has 3 heteroatoms. The number of hydrogen-bond donors (Lipinski definition) is 1. The summed E-state index contributed by atoms with van der Waals surface area (Å²) in [6.07, 6.45) is 2.31. The Labute approximate surface area is 44.9 Å². The van der Waals surface area contributed by atoms with Gasteiger partial charge in [0.15, 0.2) is 0 Å². The third-order valence-electron chi connectivity index (χ3n) is 0.594. The van der Waals surface area contributed by atoms with Crippen LogP contribution in [0.15, 0.2) is 0 Å². The van der Waals surface area contributed by atoms with Gasteiger partial charge in [-0.2, -0.15) is 0 Å². The molecule has 0 saturated carbocycles. The van der Waals surface area contributed by atoms with E-state index in [0.29, 0.717) is 5.75 Å². The van der Waals surface area contributed by atoms with Gasteiger partial charge in [-0.25, -0.2) is 0 Å². The maximum atomic E-state index is 10.5. The fourth-order valence-corrected chi connectivity index (χ4v) is 1.17. The van der Waals surface area contributed by atoms with Crippen molar-refractivity contribution in [3.05, 3.63) is 0 Å². The summed E-state index contributed by atoms with van der Waals surface area (Å²) >= 11 is 0. The van der Waals surface area contributed by atoms with Gasteiger partial charge in [0.2, 0.25) is 0 Å². The summed E-state index contributed by atoms with van der Waals surface area (Å²) in [4.78, 5) is 0. The first-order valence-corrected chi connectivity index (χ1v) is 4.41. The van der Waals surface area contributed by atoms with Gasteiger partial charge < -0.3 is 0 Å². The van der Waals surface area contributed by atoms with E-state index in [9.17, 15) is 4.21 Å².